The number of nitrogens with zero attached hydrogens (tertiary/aromatic N) is 2. The lowest BCUT2D eigenvalue weighted by Crippen LogP contribution is -2.36. The van der Waals surface area contributed by atoms with Gasteiger partial charge in [-0.05, 0) is 35.7 Å². The lowest BCUT2D eigenvalue weighted by molar-refractivity contribution is -0.134. The van der Waals surface area contributed by atoms with Crippen molar-refractivity contribution in [2.45, 2.75) is 13.0 Å². The summed E-state index contributed by atoms with van der Waals surface area (Å²) in [4.78, 5) is 27.0. The van der Waals surface area contributed by atoms with Gasteiger partial charge in [0.05, 0.1) is 7.11 Å². The Kier molecular flexibility index (Phi) is 7.95. The van der Waals surface area contributed by atoms with Crippen molar-refractivity contribution in [2.75, 3.05) is 20.3 Å². The second-order valence-electron chi connectivity index (χ2n) is 8.41. The molecule has 36 heavy (non-hydrogen) atoms. The fourth-order valence-corrected chi connectivity index (χ4v) is 4.65. The fourth-order valence-electron chi connectivity index (χ4n) is 4.21. The number of amides is 1. The molecule has 1 amide bonds. The van der Waals surface area contributed by atoms with Gasteiger partial charge in [0.2, 0.25) is 0 Å². The number of aromatic carboxylic acids is 1. The summed E-state index contributed by atoms with van der Waals surface area (Å²) < 4.78 is 13.7. The van der Waals surface area contributed by atoms with E-state index < -0.39 is 5.97 Å². The molecule has 0 unspecified atom stereocenters. The summed E-state index contributed by atoms with van der Waals surface area (Å²) in [5.74, 6) is -1.16. The number of halogens is 1. The number of fused-ring (bicyclic) bond motifs is 1. The Hall–Kier alpha value is -3.78. The first-order valence-electron chi connectivity index (χ1n) is 11.5. The van der Waals surface area contributed by atoms with Crippen LogP contribution in [0.15, 0.2) is 77.4 Å². The number of carbonyl (C=O) groups is 2. The van der Waals surface area contributed by atoms with Gasteiger partial charge in [0.25, 0.3) is 5.91 Å². The largest absolute Gasteiger partial charge is 0.493 e. The van der Waals surface area contributed by atoms with Crippen molar-refractivity contribution in [3.05, 3.63) is 94.1 Å². The van der Waals surface area contributed by atoms with Gasteiger partial charge >= 0.3 is 5.97 Å². The third-order valence-corrected chi connectivity index (χ3v) is 6.47. The van der Waals surface area contributed by atoms with Crippen LogP contribution in [-0.2, 0) is 24.8 Å². The number of aromatic nitrogens is 1. The smallest absolute Gasteiger partial charge is 0.339 e. The standard InChI is InChI=1S/C28H27BrN2O5/c1-30-16-20(22-10-6-7-11-24(22)30)17-31(13-12-19-8-4-3-5-9-19)26(32)18-36-27-23(28(33)34)14-21(29)15-25(27)35-2/h3-11,14-16H,12-13,17-18H2,1-2H3,(H,33,34). The number of hydrogen-bond donors (Lipinski definition) is 1. The van der Waals surface area contributed by atoms with Crippen molar-refractivity contribution >= 4 is 38.7 Å². The molecule has 0 aliphatic heterocycles. The molecular formula is C28H27BrN2O5. The Morgan fingerprint density at radius 2 is 1.78 bits per heavy atom. The molecule has 0 saturated carbocycles. The molecule has 0 spiro atoms. The van der Waals surface area contributed by atoms with E-state index in [1.807, 2.05) is 72.4 Å². The highest BCUT2D eigenvalue weighted by atomic mass is 79.9. The van der Waals surface area contributed by atoms with Crippen LogP contribution in [-0.4, -0.2) is 46.7 Å². The molecule has 4 rings (SSSR count). The van der Waals surface area contributed by atoms with Crippen LogP contribution in [0.4, 0.5) is 0 Å². The monoisotopic (exact) mass is 550 g/mol. The summed E-state index contributed by atoms with van der Waals surface area (Å²) >= 11 is 3.28. The van der Waals surface area contributed by atoms with Gasteiger partial charge in [-0.15, -0.1) is 0 Å². The van der Waals surface area contributed by atoms with E-state index in [9.17, 15) is 14.7 Å². The third kappa shape index (κ3) is 5.71. The molecule has 4 aromatic rings. The van der Waals surface area contributed by atoms with Gasteiger partial charge in [0, 0.05) is 41.7 Å². The van der Waals surface area contributed by atoms with E-state index in [-0.39, 0.29) is 29.6 Å². The van der Waals surface area contributed by atoms with E-state index in [4.69, 9.17) is 9.47 Å². The average molecular weight is 551 g/mol. The molecule has 7 nitrogen and oxygen atoms in total. The van der Waals surface area contributed by atoms with Gasteiger partial charge in [-0.3, -0.25) is 4.79 Å². The molecule has 1 N–H and O–H groups in total. The SMILES string of the molecule is COc1cc(Br)cc(C(=O)O)c1OCC(=O)N(CCc1ccccc1)Cc1cn(C)c2ccccc12. The Morgan fingerprint density at radius 3 is 2.50 bits per heavy atom. The van der Waals surface area contributed by atoms with Crippen LogP contribution >= 0.6 is 15.9 Å². The average Bonchev–Trinajstić information content (AvgIpc) is 3.20. The van der Waals surface area contributed by atoms with Crippen molar-refractivity contribution < 1.29 is 24.2 Å². The van der Waals surface area contributed by atoms with Gasteiger partial charge in [-0.2, -0.15) is 0 Å². The van der Waals surface area contributed by atoms with Crippen LogP contribution < -0.4 is 9.47 Å². The summed E-state index contributed by atoms with van der Waals surface area (Å²) in [5, 5.41) is 10.7. The maximum atomic E-state index is 13.4. The minimum Gasteiger partial charge on any atom is -0.493 e. The van der Waals surface area contributed by atoms with Crippen LogP contribution in [0.5, 0.6) is 11.5 Å². The van der Waals surface area contributed by atoms with Crippen molar-refractivity contribution in [3.8, 4) is 11.5 Å². The predicted molar refractivity (Wildman–Crippen MR) is 142 cm³/mol. The highest BCUT2D eigenvalue weighted by molar-refractivity contribution is 9.10. The minimum absolute atomic E-state index is 0.0229. The lowest BCUT2D eigenvalue weighted by atomic mass is 10.1. The topological polar surface area (TPSA) is 81.0 Å². The molecule has 0 radical (unpaired) electrons. The highest BCUT2D eigenvalue weighted by Crippen LogP contribution is 2.35. The molecule has 3 aromatic carbocycles. The van der Waals surface area contributed by atoms with Gasteiger partial charge in [0.15, 0.2) is 18.1 Å². The van der Waals surface area contributed by atoms with E-state index in [2.05, 4.69) is 15.9 Å². The van der Waals surface area contributed by atoms with Gasteiger partial charge in [-0.25, -0.2) is 4.79 Å². The number of methoxy groups -OCH3 is 1. The zero-order valence-electron chi connectivity index (χ0n) is 20.1. The van der Waals surface area contributed by atoms with E-state index >= 15 is 0 Å². The molecule has 0 aliphatic rings. The third-order valence-electron chi connectivity index (χ3n) is 6.02. The van der Waals surface area contributed by atoms with Gasteiger partial charge < -0.3 is 24.0 Å². The van der Waals surface area contributed by atoms with Gasteiger partial charge in [0.1, 0.15) is 5.56 Å². The first kappa shape index (κ1) is 25.3. The number of rotatable bonds is 10. The molecule has 1 heterocycles. The van der Waals surface area contributed by atoms with E-state index in [1.54, 1.807) is 11.0 Å². The summed E-state index contributed by atoms with van der Waals surface area (Å²) in [5.41, 5.74) is 3.16. The number of carboxylic acids is 1. The Labute approximate surface area is 218 Å². The molecule has 1 aromatic heterocycles. The summed E-state index contributed by atoms with van der Waals surface area (Å²) in [6.45, 7) is 0.566. The Bertz CT molecular complexity index is 1380. The van der Waals surface area contributed by atoms with Gasteiger partial charge in [-0.1, -0.05) is 64.5 Å². The summed E-state index contributed by atoms with van der Waals surface area (Å²) in [6, 6.07) is 21.1. The Morgan fingerprint density at radius 1 is 1.06 bits per heavy atom. The molecular weight excluding hydrogens is 524 g/mol. The number of para-hydroxylation sites is 1. The fraction of sp³-hybridized carbons (Fsp3) is 0.214. The molecule has 0 aliphatic carbocycles. The van der Waals surface area contributed by atoms with Crippen LogP contribution in [0, 0.1) is 0 Å². The van der Waals surface area contributed by atoms with Crippen molar-refractivity contribution in [1.82, 2.24) is 9.47 Å². The quantitative estimate of drug-likeness (QED) is 0.290. The van der Waals surface area contributed by atoms with Crippen molar-refractivity contribution in [1.29, 1.82) is 0 Å². The van der Waals surface area contributed by atoms with E-state index in [0.717, 1.165) is 22.0 Å². The summed E-state index contributed by atoms with van der Waals surface area (Å²) in [6.07, 6.45) is 2.72. The predicted octanol–water partition coefficient (Wildman–Crippen LogP) is 5.30. The first-order chi connectivity index (χ1) is 17.4. The molecule has 8 heteroatoms. The number of carbonyl (C=O) groups excluding carboxylic acids is 1. The first-order valence-corrected chi connectivity index (χ1v) is 12.2. The molecule has 0 saturated heterocycles. The van der Waals surface area contributed by atoms with Crippen molar-refractivity contribution in [2.24, 2.45) is 7.05 Å². The second kappa shape index (κ2) is 11.3. The van der Waals surface area contributed by atoms with Crippen LogP contribution in [0.2, 0.25) is 0 Å². The number of carboxylic acid groups (broad SMARTS) is 1. The molecule has 0 atom stereocenters. The van der Waals surface area contributed by atoms with Crippen LogP contribution in [0.25, 0.3) is 10.9 Å². The van der Waals surface area contributed by atoms with Crippen LogP contribution in [0.3, 0.4) is 0 Å². The maximum Gasteiger partial charge on any atom is 0.339 e. The zero-order valence-corrected chi connectivity index (χ0v) is 21.7. The lowest BCUT2D eigenvalue weighted by Gasteiger charge is -2.23. The molecule has 0 bridgehead atoms. The minimum atomic E-state index is -1.17. The maximum absolute atomic E-state index is 13.4. The normalized spacial score (nSPS) is 10.9. The van der Waals surface area contributed by atoms with E-state index in [1.165, 1.54) is 13.2 Å². The number of benzene rings is 3. The highest BCUT2D eigenvalue weighted by Gasteiger charge is 2.22. The number of hydrogen-bond acceptors (Lipinski definition) is 4. The summed E-state index contributed by atoms with van der Waals surface area (Å²) in [7, 11) is 3.41. The molecule has 0 fully saturated rings. The number of aryl methyl sites for hydroxylation is 1. The second-order valence-corrected chi connectivity index (χ2v) is 9.33. The Balaban J connectivity index is 1.58. The van der Waals surface area contributed by atoms with Crippen LogP contribution in [0.1, 0.15) is 21.5 Å². The molecule has 186 valence electrons. The zero-order chi connectivity index (χ0) is 25.7. The van der Waals surface area contributed by atoms with E-state index in [0.29, 0.717) is 24.0 Å². The number of ether oxygens (including phenoxy) is 2. The van der Waals surface area contributed by atoms with Crippen molar-refractivity contribution in [3.63, 3.8) is 0 Å².